The van der Waals surface area contributed by atoms with E-state index in [0.717, 1.165) is 4.88 Å². The van der Waals surface area contributed by atoms with Gasteiger partial charge in [0.15, 0.2) is 0 Å². The second kappa shape index (κ2) is 7.66. The van der Waals surface area contributed by atoms with Gasteiger partial charge in [-0.2, -0.15) is 13.2 Å². The number of hydrogen-bond acceptors (Lipinski definition) is 5. The van der Waals surface area contributed by atoms with Gasteiger partial charge in [-0.3, -0.25) is 9.88 Å². The molecule has 2 aromatic rings. The first kappa shape index (κ1) is 16.9. The van der Waals surface area contributed by atoms with Crippen molar-refractivity contribution in [1.82, 2.24) is 14.9 Å². The molecule has 0 aliphatic rings. The maximum absolute atomic E-state index is 12.6. The molecule has 0 spiro atoms. The molecular formula is C14H16F3N3OS. The highest BCUT2D eigenvalue weighted by molar-refractivity contribution is 7.14. The Morgan fingerprint density at radius 3 is 2.68 bits per heavy atom. The molecule has 0 aliphatic heterocycles. The largest absolute Gasteiger partial charge is 0.401 e. The van der Waals surface area contributed by atoms with Crippen LogP contribution >= 0.6 is 11.3 Å². The minimum absolute atomic E-state index is 0.129. The van der Waals surface area contributed by atoms with E-state index in [1.807, 2.05) is 12.1 Å². The van der Waals surface area contributed by atoms with Gasteiger partial charge in [0.1, 0.15) is 5.01 Å². The Kier molecular flexibility index (Phi) is 5.87. The van der Waals surface area contributed by atoms with Crippen molar-refractivity contribution in [1.29, 1.82) is 0 Å². The summed E-state index contributed by atoms with van der Waals surface area (Å²) >= 11 is 1.33. The van der Waals surface area contributed by atoms with Gasteiger partial charge in [-0.1, -0.05) is 6.07 Å². The summed E-state index contributed by atoms with van der Waals surface area (Å²) in [7, 11) is 0. The highest BCUT2D eigenvalue weighted by atomic mass is 32.1. The van der Waals surface area contributed by atoms with Gasteiger partial charge in [-0.05, 0) is 18.6 Å². The van der Waals surface area contributed by atoms with Gasteiger partial charge < -0.3 is 5.11 Å². The van der Waals surface area contributed by atoms with Crippen LogP contribution in [-0.4, -0.2) is 45.8 Å². The molecule has 4 nitrogen and oxygen atoms in total. The summed E-state index contributed by atoms with van der Waals surface area (Å²) in [5, 5.41) is 9.49. The predicted molar refractivity (Wildman–Crippen MR) is 78.4 cm³/mol. The van der Waals surface area contributed by atoms with Gasteiger partial charge in [0.2, 0.25) is 0 Å². The van der Waals surface area contributed by atoms with E-state index >= 15 is 0 Å². The first-order chi connectivity index (χ1) is 10.5. The molecular weight excluding hydrogens is 315 g/mol. The lowest BCUT2D eigenvalue weighted by molar-refractivity contribution is -0.147. The monoisotopic (exact) mass is 331 g/mol. The van der Waals surface area contributed by atoms with Crippen molar-refractivity contribution in [2.24, 2.45) is 0 Å². The molecule has 2 rings (SSSR count). The summed E-state index contributed by atoms with van der Waals surface area (Å²) in [5.74, 6) is 0. The minimum Gasteiger partial charge on any atom is -0.396 e. The molecule has 0 aromatic carbocycles. The Labute approximate surface area is 130 Å². The first-order valence-corrected chi connectivity index (χ1v) is 7.55. The molecule has 2 aromatic heterocycles. The molecule has 0 saturated carbocycles. The van der Waals surface area contributed by atoms with Crippen LogP contribution < -0.4 is 0 Å². The van der Waals surface area contributed by atoms with Gasteiger partial charge in [0, 0.05) is 37.0 Å². The summed E-state index contributed by atoms with van der Waals surface area (Å²) in [4.78, 5) is 10.4. The maximum atomic E-state index is 12.6. The number of rotatable bonds is 7. The van der Waals surface area contributed by atoms with Crippen LogP contribution in [0, 0.1) is 0 Å². The van der Waals surface area contributed by atoms with Crippen LogP contribution in [0.15, 0.2) is 30.6 Å². The third-order valence-corrected chi connectivity index (χ3v) is 3.86. The Morgan fingerprint density at radius 1 is 1.23 bits per heavy atom. The quantitative estimate of drug-likeness (QED) is 0.847. The van der Waals surface area contributed by atoms with E-state index in [4.69, 9.17) is 5.11 Å². The highest BCUT2D eigenvalue weighted by Gasteiger charge is 2.30. The van der Waals surface area contributed by atoms with Gasteiger partial charge >= 0.3 is 6.18 Å². The molecule has 0 aliphatic carbocycles. The number of hydrogen-bond donors (Lipinski definition) is 1. The number of aliphatic hydroxyl groups is 1. The zero-order valence-corrected chi connectivity index (χ0v) is 12.6. The summed E-state index contributed by atoms with van der Waals surface area (Å²) < 4.78 is 37.7. The fourth-order valence-corrected chi connectivity index (χ4v) is 2.90. The van der Waals surface area contributed by atoms with Crippen molar-refractivity contribution in [3.63, 3.8) is 0 Å². The van der Waals surface area contributed by atoms with Crippen molar-refractivity contribution in [3.8, 4) is 10.7 Å². The summed E-state index contributed by atoms with van der Waals surface area (Å²) in [5.41, 5.74) is 0.705. The molecule has 1 N–H and O–H groups in total. The Bertz CT molecular complexity index is 574. The molecule has 0 atom stereocenters. The van der Waals surface area contributed by atoms with Crippen LogP contribution in [0.5, 0.6) is 0 Å². The molecule has 0 unspecified atom stereocenters. The van der Waals surface area contributed by atoms with Gasteiger partial charge in [-0.15, -0.1) is 11.3 Å². The average Bonchev–Trinajstić information content (AvgIpc) is 2.93. The number of thiazole rings is 1. The number of pyridine rings is 1. The Hall–Kier alpha value is -1.51. The van der Waals surface area contributed by atoms with Crippen LogP contribution in [0.2, 0.25) is 0 Å². The Balaban J connectivity index is 2.05. The first-order valence-electron chi connectivity index (χ1n) is 6.74. The number of halogens is 3. The van der Waals surface area contributed by atoms with Crippen molar-refractivity contribution in [3.05, 3.63) is 35.5 Å². The molecule has 8 heteroatoms. The van der Waals surface area contributed by atoms with Crippen LogP contribution in [0.1, 0.15) is 11.3 Å². The normalized spacial score (nSPS) is 12.0. The lowest BCUT2D eigenvalue weighted by Gasteiger charge is -2.22. The standard InChI is InChI=1S/C14H16F3N3OS/c15-14(16,17)10-20(6-3-7-21)9-11-8-19-13(22-11)12-4-1-2-5-18-12/h1-2,4-5,8,21H,3,6-7,9-10H2. The molecule has 0 amide bonds. The topological polar surface area (TPSA) is 49.2 Å². The van der Waals surface area contributed by atoms with Crippen molar-refractivity contribution in [2.45, 2.75) is 19.1 Å². The van der Waals surface area contributed by atoms with E-state index in [0.29, 0.717) is 17.1 Å². The molecule has 0 saturated heterocycles. The predicted octanol–water partition coefficient (Wildman–Crippen LogP) is 2.95. The van der Waals surface area contributed by atoms with E-state index in [-0.39, 0.29) is 19.7 Å². The second-order valence-electron chi connectivity index (χ2n) is 4.75. The van der Waals surface area contributed by atoms with E-state index in [1.165, 1.54) is 16.2 Å². The van der Waals surface area contributed by atoms with E-state index in [1.54, 1.807) is 18.5 Å². The molecule has 120 valence electrons. The second-order valence-corrected chi connectivity index (χ2v) is 5.86. The summed E-state index contributed by atoms with van der Waals surface area (Å²) in [6, 6.07) is 5.43. The molecule has 0 bridgehead atoms. The Morgan fingerprint density at radius 2 is 2.05 bits per heavy atom. The summed E-state index contributed by atoms with van der Waals surface area (Å²) in [6.07, 6.45) is -0.726. The van der Waals surface area contributed by atoms with Crippen molar-refractivity contribution >= 4 is 11.3 Å². The average molecular weight is 331 g/mol. The third kappa shape index (κ3) is 5.36. The molecule has 2 heterocycles. The van der Waals surface area contributed by atoms with E-state index in [2.05, 4.69) is 9.97 Å². The number of aliphatic hydroxyl groups excluding tert-OH is 1. The lowest BCUT2D eigenvalue weighted by atomic mass is 10.3. The zero-order valence-electron chi connectivity index (χ0n) is 11.8. The van der Waals surface area contributed by atoms with Gasteiger partial charge in [0.05, 0.1) is 12.2 Å². The minimum atomic E-state index is -4.26. The smallest absolute Gasteiger partial charge is 0.396 e. The van der Waals surface area contributed by atoms with Crippen LogP contribution in [0.3, 0.4) is 0 Å². The van der Waals surface area contributed by atoms with Crippen LogP contribution in [0.4, 0.5) is 13.2 Å². The molecule has 22 heavy (non-hydrogen) atoms. The highest BCUT2D eigenvalue weighted by Crippen LogP contribution is 2.25. The van der Waals surface area contributed by atoms with Gasteiger partial charge in [0.25, 0.3) is 0 Å². The SMILES string of the molecule is OCCCN(Cc1cnc(-c2ccccn2)s1)CC(F)(F)F. The van der Waals surface area contributed by atoms with Crippen LogP contribution in [0.25, 0.3) is 10.7 Å². The molecule has 0 radical (unpaired) electrons. The number of aromatic nitrogens is 2. The van der Waals surface area contributed by atoms with Crippen molar-refractivity contribution in [2.75, 3.05) is 19.7 Å². The summed E-state index contributed by atoms with van der Waals surface area (Å²) in [6.45, 7) is -0.781. The third-order valence-electron chi connectivity index (χ3n) is 2.85. The lowest BCUT2D eigenvalue weighted by Crippen LogP contribution is -2.34. The van der Waals surface area contributed by atoms with E-state index < -0.39 is 12.7 Å². The zero-order chi connectivity index (χ0) is 16.0. The number of nitrogens with zero attached hydrogens (tertiary/aromatic N) is 3. The van der Waals surface area contributed by atoms with E-state index in [9.17, 15) is 13.2 Å². The maximum Gasteiger partial charge on any atom is 0.401 e. The van der Waals surface area contributed by atoms with Crippen LogP contribution in [-0.2, 0) is 6.54 Å². The molecule has 0 fully saturated rings. The van der Waals surface area contributed by atoms with Crippen molar-refractivity contribution < 1.29 is 18.3 Å². The number of alkyl halides is 3. The fraction of sp³-hybridized carbons (Fsp3) is 0.429. The fourth-order valence-electron chi connectivity index (χ4n) is 1.97. The van der Waals surface area contributed by atoms with Gasteiger partial charge in [-0.25, -0.2) is 4.98 Å².